The van der Waals surface area contributed by atoms with E-state index in [9.17, 15) is 9.90 Å². The van der Waals surface area contributed by atoms with Crippen molar-refractivity contribution in [1.29, 1.82) is 0 Å². The second-order valence-electron chi connectivity index (χ2n) is 3.75. The normalized spacial score (nSPS) is 20.1. The Bertz CT molecular complexity index is 358. The quantitative estimate of drug-likeness (QED) is 0.790. The van der Waals surface area contributed by atoms with E-state index in [1.807, 2.05) is 12.1 Å². The summed E-state index contributed by atoms with van der Waals surface area (Å²) in [6.07, 6.45) is 3.79. The lowest BCUT2D eigenvalue weighted by atomic mass is 10.3. The van der Waals surface area contributed by atoms with E-state index >= 15 is 0 Å². The molecule has 2 rings (SSSR count). The third kappa shape index (κ3) is 2.96. The number of nitrogens with zero attached hydrogens (tertiary/aromatic N) is 2. The fourth-order valence-electron chi connectivity index (χ4n) is 1.64. The summed E-state index contributed by atoms with van der Waals surface area (Å²) in [7, 11) is 0. The average molecular weight is 238 g/mol. The van der Waals surface area contributed by atoms with Crippen LogP contribution < -0.4 is 0 Å². The maximum absolute atomic E-state index is 11.7. The molecular weight excluding hydrogens is 224 g/mol. The highest BCUT2D eigenvalue weighted by Crippen LogP contribution is 2.18. The van der Waals surface area contributed by atoms with Gasteiger partial charge in [-0.05, 0) is 18.6 Å². The van der Waals surface area contributed by atoms with Gasteiger partial charge in [0.25, 0.3) is 0 Å². The molecule has 0 aromatic carbocycles. The topological polar surface area (TPSA) is 53.4 Å². The van der Waals surface area contributed by atoms with E-state index in [-0.39, 0.29) is 12.0 Å². The van der Waals surface area contributed by atoms with Crippen LogP contribution >= 0.6 is 11.8 Å². The maximum atomic E-state index is 11.7. The average Bonchev–Trinajstić information content (AvgIpc) is 2.74. The van der Waals surface area contributed by atoms with E-state index in [4.69, 9.17) is 0 Å². The Morgan fingerprint density at radius 2 is 2.31 bits per heavy atom. The summed E-state index contributed by atoms with van der Waals surface area (Å²) in [5.41, 5.74) is 0. The number of aliphatic hydroxyl groups excluding tert-OH is 1. The maximum Gasteiger partial charge on any atom is 0.233 e. The molecule has 0 radical (unpaired) electrons. The van der Waals surface area contributed by atoms with Gasteiger partial charge in [-0.25, -0.2) is 0 Å². The SMILES string of the molecule is O=C(CSc1ccncc1)N1CCC(O)C1. The molecule has 5 heteroatoms. The number of thioether (sulfide) groups is 1. The molecule has 1 atom stereocenters. The van der Waals surface area contributed by atoms with Crippen LogP contribution in [0.25, 0.3) is 0 Å². The fraction of sp³-hybridized carbons (Fsp3) is 0.455. The van der Waals surface area contributed by atoms with Gasteiger partial charge >= 0.3 is 0 Å². The number of aliphatic hydroxyl groups is 1. The lowest BCUT2D eigenvalue weighted by Crippen LogP contribution is -2.30. The van der Waals surface area contributed by atoms with E-state index in [1.165, 1.54) is 11.8 Å². The monoisotopic (exact) mass is 238 g/mol. The highest BCUT2D eigenvalue weighted by Gasteiger charge is 2.24. The number of likely N-dealkylation sites (tertiary alicyclic amines) is 1. The van der Waals surface area contributed by atoms with Gasteiger partial charge in [0.1, 0.15) is 0 Å². The highest BCUT2D eigenvalue weighted by molar-refractivity contribution is 8.00. The number of rotatable bonds is 3. The predicted molar refractivity (Wildman–Crippen MR) is 62.2 cm³/mol. The molecule has 86 valence electrons. The number of β-amino-alcohol motifs (C(OH)–C–C–N with tert-alkyl or cyclic N) is 1. The Labute approximate surface area is 98.7 Å². The number of hydrogen-bond acceptors (Lipinski definition) is 4. The minimum atomic E-state index is -0.338. The molecule has 1 saturated heterocycles. The molecule has 0 bridgehead atoms. The van der Waals surface area contributed by atoms with Crippen molar-refractivity contribution in [3.05, 3.63) is 24.5 Å². The van der Waals surface area contributed by atoms with Gasteiger partial charge in [0.15, 0.2) is 0 Å². The Morgan fingerprint density at radius 3 is 2.94 bits per heavy atom. The van der Waals surface area contributed by atoms with Crippen molar-refractivity contribution >= 4 is 17.7 Å². The fourth-order valence-corrected chi connectivity index (χ4v) is 2.43. The first kappa shape index (κ1) is 11.4. The third-order valence-corrected chi connectivity index (χ3v) is 3.52. The summed E-state index contributed by atoms with van der Waals surface area (Å²) in [5.74, 6) is 0.523. The van der Waals surface area contributed by atoms with Crippen molar-refractivity contribution in [3.63, 3.8) is 0 Å². The van der Waals surface area contributed by atoms with E-state index in [0.717, 1.165) is 4.90 Å². The third-order valence-electron chi connectivity index (χ3n) is 2.53. The molecular formula is C11H14N2O2S. The van der Waals surface area contributed by atoms with E-state index in [2.05, 4.69) is 4.98 Å². The second-order valence-corrected chi connectivity index (χ2v) is 4.80. The van der Waals surface area contributed by atoms with Crippen molar-refractivity contribution in [2.24, 2.45) is 0 Å². The molecule has 1 amide bonds. The van der Waals surface area contributed by atoms with Crippen molar-refractivity contribution in [2.45, 2.75) is 17.4 Å². The summed E-state index contributed by atoms with van der Waals surface area (Å²) in [4.78, 5) is 18.4. The van der Waals surface area contributed by atoms with Crippen LogP contribution in [0.4, 0.5) is 0 Å². The molecule has 1 aromatic rings. The van der Waals surface area contributed by atoms with Gasteiger partial charge in [-0.3, -0.25) is 9.78 Å². The number of carbonyl (C=O) groups excluding carboxylic acids is 1. The first-order chi connectivity index (χ1) is 7.75. The van der Waals surface area contributed by atoms with E-state index < -0.39 is 0 Å². The van der Waals surface area contributed by atoms with Crippen molar-refractivity contribution in [1.82, 2.24) is 9.88 Å². The van der Waals surface area contributed by atoms with Crippen LogP contribution in [0, 0.1) is 0 Å². The molecule has 0 spiro atoms. The van der Waals surface area contributed by atoms with Gasteiger partial charge in [0, 0.05) is 30.4 Å². The molecule has 1 fully saturated rings. The number of aromatic nitrogens is 1. The summed E-state index contributed by atoms with van der Waals surface area (Å²) in [5, 5.41) is 9.32. The van der Waals surface area contributed by atoms with E-state index in [1.54, 1.807) is 17.3 Å². The molecule has 1 N–H and O–H groups in total. The molecule has 0 aliphatic carbocycles. The number of carbonyl (C=O) groups is 1. The van der Waals surface area contributed by atoms with Gasteiger partial charge in [-0.2, -0.15) is 0 Å². The number of pyridine rings is 1. The van der Waals surface area contributed by atoms with Crippen LogP contribution in [0.15, 0.2) is 29.4 Å². The first-order valence-electron chi connectivity index (χ1n) is 5.24. The summed E-state index contributed by atoms with van der Waals surface area (Å²) in [6, 6.07) is 3.77. The smallest absolute Gasteiger partial charge is 0.233 e. The zero-order valence-corrected chi connectivity index (χ0v) is 9.69. The molecule has 1 aliphatic rings. The van der Waals surface area contributed by atoms with Gasteiger partial charge in [0.05, 0.1) is 11.9 Å². The van der Waals surface area contributed by atoms with Gasteiger partial charge in [-0.15, -0.1) is 11.8 Å². The standard InChI is InChI=1S/C11H14N2O2S/c14-9-3-6-13(7-9)11(15)8-16-10-1-4-12-5-2-10/h1-2,4-5,9,14H,3,6-8H2. The van der Waals surface area contributed by atoms with Crippen molar-refractivity contribution < 1.29 is 9.90 Å². The number of amides is 1. The molecule has 0 saturated carbocycles. The van der Waals surface area contributed by atoms with E-state index in [0.29, 0.717) is 25.3 Å². The Morgan fingerprint density at radius 1 is 1.56 bits per heavy atom. The molecule has 1 aromatic heterocycles. The van der Waals surface area contributed by atoms with Crippen LogP contribution in [0.1, 0.15) is 6.42 Å². The molecule has 4 nitrogen and oxygen atoms in total. The Hall–Kier alpha value is -1.07. The first-order valence-corrected chi connectivity index (χ1v) is 6.23. The van der Waals surface area contributed by atoms with Gasteiger partial charge < -0.3 is 10.0 Å². The lowest BCUT2D eigenvalue weighted by Gasteiger charge is -2.14. The van der Waals surface area contributed by atoms with Crippen LogP contribution in [-0.4, -0.2) is 45.8 Å². The zero-order valence-electron chi connectivity index (χ0n) is 8.87. The minimum Gasteiger partial charge on any atom is -0.391 e. The number of hydrogen-bond donors (Lipinski definition) is 1. The van der Waals surface area contributed by atoms with Crippen LogP contribution in [-0.2, 0) is 4.79 Å². The predicted octanol–water partition coefficient (Wildman–Crippen LogP) is 0.767. The minimum absolute atomic E-state index is 0.0957. The highest BCUT2D eigenvalue weighted by atomic mass is 32.2. The van der Waals surface area contributed by atoms with Gasteiger partial charge in [-0.1, -0.05) is 0 Å². The molecule has 1 unspecified atom stereocenters. The molecule has 1 aliphatic heterocycles. The van der Waals surface area contributed by atoms with Crippen molar-refractivity contribution in [2.75, 3.05) is 18.8 Å². The van der Waals surface area contributed by atoms with Crippen LogP contribution in [0.5, 0.6) is 0 Å². The summed E-state index contributed by atoms with van der Waals surface area (Å²) < 4.78 is 0. The van der Waals surface area contributed by atoms with Crippen molar-refractivity contribution in [3.8, 4) is 0 Å². The molecule has 16 heavy (non-hydrogen) atoms. The Kier molecular flexibility index (Phi) is 3.79. The lowest BCUT2D eigenvalue weighted by molar-refractivity contribution is -0.127. The summed E-state index contributed by atoms with van der Waals surface area (Å²) >= 11 is 1.50. The summed E-state index contributed by atoms with van der Waals surface area (Å²) in [6.45, 7) is 1.16. The largest absolute Gasteiger partial charge is 0.391 e. The zero-order chi connectivity index (χ0) is 11.4. The van der Waals surface area contributed by atoms with Gasteiger partial charge in [0.2, 0.25) is 5.91 Å². The Balaban J connectivity index is 1.80. The molecule has 2 heterocycles. The van der Waals surface area contributed by atoms with Crippen LogP contribution in [0.3, 0.4) is 0 Å². The van der Waals surface area contributed by atoms with Crippen LogP contribution in [0.2, 0.25) is 0 Å². The second kappa shape index (κ2) is 5.32.